The van der Waals surface area contributed by atoms with Gasteiger partial charge in [0.15, 0.2) is 6.61 Å². The summed E-state index contributed by atoms with van der Waals surface area (Å²) in [5.74, 6) is 0.368. The molecule has 5 nitrogen and oxygen atoms in total. The molecule has 0 radical (unpaired) electrons. The van der Waals surface area contributed by atoms with Crippen molar-refractivity contribution < 1.29 is 14.3 Å². The third-order valence-electron chi connectivity index (χ3n) is 3.74. The molecule has 26 heavy (non-hydrogen) atoms. The van der Waals surface area contributed by atoms with Crippen molar-refractivity contribution in [3.8, 4) is 5.75 Å². The van der Waals surface area contributed by atoms with Crippen molar-refractivity contribution in [2.45, 2.75) is 20.3 Å². The minimum Gasteiger partial charge on any atom is -0.484 e. The summed E-state index contributed by atoms with van der Waals surface area (Å²) in [6, 6.07) is 12.9. The van der Waals surface area contributed by atoms with Crippen LogP contribution in [0, 0.1) is 13.8 Å². The smallest absolute Gasteiger partial charge is 0.258 e. The van der Waals surface area contributed by atoms with Crippen LogP contribution in [0.3, 0.4) is 0 Å². The van der Waals surface area contributed by atoms with Gasteiger partial charge >= 0.3 is 0 Å². The number of carbonyl (C=O) groups is 2. The Morgan fingerprint density at radius 2 is 1.62 bits per heavy atom. The molecule has 0 aliphatic carbocycles. The van der Waals surface area contributed by atoms with E-state index in [0.717, 1.165) is 16.7 Å². The number of hydrogen-bond acceptors (Lipinski definition) is 3. The first-order chi connectivity index (χ1) is 12.4. The maximum atomic E-state index is 11.8. The molecule has 6 heteroatoms. The summed E-state index contributed by atoms with van der Waals surface area (Å²) in [5.41, 5.74) is 3.03. The zero-order valence-electron chi connectivity index (χ0n) is 15.0. The van der Waals surface area contributed by atoms with E-state index < -0.39 is 0 Å². The molecule has 0 heterocycles. The molecule has 0 saturated carbocycles. The molecule has 2 aromatic carbocycles. The predicted molar refractivity (Wildman–Crippen MR) is 103 cm³/mol. The lowest BCUT2D eigenvalue weighted by Gasteiger charge is -2.10. The number of benzene rings is 2. The molecule has 0 aromatic heterocycles. The van der Waals surface area contributed by atoms with Gasteiger partial charge in [-0.3, -0.25) is 9.59 Å². The topological polar surface area (TPSA) is 67.4 Å². The van der Waals surface area contributed by atoms with Crippen LogP contribution in [0.1, 0.15) is 16.7 Å². The van der Waals surface area contributed by atoms with Crippen molar-refractivity contribution >= 4 is 23.4 Å². The van der Waals surface area contributed by atoms with Gasteiger partial charge in [-0.2, -0.15) is 0 Å². The van der Waals surface area contributed by atoms with E-state index in [9.17, 15) is 9.59 Å². The third kappa shape index (κ3) is 6.76. The molecule has 0 aliphatic rings. The molecule has 2 N–H and O–H groups in total. The van der Waals surface area contributed by atoms with Crippen molar-refractivity contribution in [2.75, 3.05) is 19.7 Å². The molecular formula is C20H23ClN2O3. The standard InChI is InChI=1S/C20H23ClN2O3/c1-14-3-8-18(15(2)11-14)26-13-20(25)23-10-9-22-19(24)12-16-4-6-17(21)7-5-16/h3-8,11H,9-10,12-13H2,1-2H3,(H,22,24)(H,23,25). The van der Waals surface area contributed by atoms with Crippen LogP contribution in [0.2, 0.25) is 5.02 Å². The van der Waals surface area contributed by atoms with Gasteiger partial charge in [0.1, 0.15) is 5.75 Å². The van der Waals surface area contributed by atoms with E-state index in [1.807, 2.05) is 44.2 Å². The van der Waals surface area contributed by atoms with Crippen LogP contribution < -0.4 is 15.4 Å². The Hall–Kier alpha value is -2.53. The molecule has 0 fully saturated rings. The van der Waals surface area contributed by atoms with Crippen LogP contribution in [0.25, 0.3) is 0 Å². The molecule has 0 spiro atoms. The Labute approximate surface area is 158 Å². The van der Waals surface area contributed by atoms with Crippen LogP contribution in [0.5, 0.6) is 5.75 Å². The number of halogens is 1. The Morgan fingerprint density at radius 3 is 2.27 bits per heavy atom. The zero-order valence-corrected chi connectivity index (χ0v) is 15.7. The fourth-order valence-corrected chi connectivity index (χ4v) is 2.54. The Balaban J connectivity index is 1.62. The van der Waals surface area contributed by atoms with E-state index in [4.69, 9.17) is 16.3 Å². The predicted octanol–water partition coefficient (Wildman–Crippen LogP) is 2.81. The largest absolute Gasteiger partial charge is 0.484 e. The summed E-state index contributed by atoms with van der Waals surface area (Å²) in [6.45, 7) is 4.60. The highest BCUT2D eigenvalue weighted by atomic mass is 35.5. The van der Waals surface area contributed by atoms with Gasteiger partial charge in [0.05, 0.1) is 6.42 Å². The van der Waals surface area contributed by atoms with Crippen molar-refractivity contribution in [1.82, 2.24) is 10.6 Å². The van der Waals surface area contributed by atoms with Crippen LogP contribution in [-0.4, -0.2) is 31.5 Å². The highest BCUT2D eigenvalue weighted by Crippen LogP contribution is 2.18. The first kappa shape index (κ1) is 19.8. The second-order valence-electron chi connectivity index (χ2n) is 6.06. The first-order valence-corrected chi connectivity index (χ1v) is 8.80. The summed E-state index contributed by atoms with van der Waals surface area (Å²) in [7, 11) is 0. The van der Waals surface area contributed by atoms with E-state index in [0.29, 0.717) is 23.9 Å². The molecule has 2 aromatic rings. The summed E-state index contributed by atoms with van der Waals surface area (Å²) < 4.78 is 5.51. The third-order valence-corrected chi connectivity index (χ3v) is 3.99. The molecule has 0 bridgehead atoms. The number of aryl methyl sites for hydroxylation is 2. The molecule has 0 unspecified atom stereocenters. The molecule has 0 aliphatic heterocycles. The Bertz CT molecular complexity index is 760. The highest BCUT2D eigenvalue weighted by Gasteiger charge is 2.06. The van der Waals surface area contributed by atoms with Crippen molar-refractivity contribution in [3.05, 3.63) is 64.2 Å². The van der Waals surface area contributed by atoms with Crippen molar-refractivity contribution in [1.29, 1.82) is 0 Å². The summed E-state index contributed by atoms with van der Waals surface area (Å²) in [5, 5.41) is 6.12. The van der Waals surface area contributed by atoms with Crippen LogP contribution in [-0.2, 0) is 16.0 Å². The minimum absolute atomic E-state index is 0.0530. The Morgan fingerprint density at radius 1 is 0.962 bits per heavy atom. The van der Waals surface area contributed by atoms with Gasteiger partial charge in [0, 0.05) is 18.1 Å². The second kappa shape index (κ2) is 9.82. The van der Waals surface area contributed by atoms with E-state index in [1.165, 1.54) is 0 Å². The maximum Gasteiger partial charge on any atom is 0.258 e. The van der Waals surface area contributed by atoms with Crippen LogP contribution in [0.4, 0.5) is 0 Å². The Kier molecular flexibility index (Phi) is 7.48. The number of carbonyl (C=O) groups excluding carboxylic acids is 2. The molecule has 2 rings (SSSR count). The van der Waals surface area contributed by atoms with Crippen molar-refractivity contribution in [3.63, 3.8) is 0 Å². The highest BCUT2D eigenvalue weighted by molar-refractivity contribution is 6.30. The van der Waals surface area contributed by atoms with Crippen LogP contribution >= 0.6 is 11.6 Å². The summed E-state index contributed by atoms with van der Waals surface area (Å²) in [6.07, 6.45) is 0.279. The number of amides is 2. The van der Waals surface area contributed by atoms with E-state index in [2.05, 4.69) is 10.6 Å². The summed E-state index contributed by atoms with van der Waals surface area (Å²) in [4.78, 5) is 23.6. The van der Waals surface area contributed by atoms with Crippen LogP contribution in [0.15, 0.2) is 42.5 Å². The fourth-order valence-electron chi connectivity index (χ4n) is 2.41. The normalized spacial score (nSPS) is 10.3. The second-order valence-corrected chi connectivity index (χ2v) is 6.50. The van der Waals surface area contributed by atoms with Gasteiger partial charge in [-0.15, -0.1) is 0 Å². The zero-order chi connectivity index (χ0) is 18.9. The lowest BCUT2D eigenvalue weighted by molar-refractivity contribution is -0.124. The number of ether oxygens (including phenoxy) is 1. The van der Waals surface area contributed by atoms with Gasteiger partial charge in [-0.1, -0.05) is 41.4 Å². The minimum atomic E-state index is -0.225. The fraction of sp³-hybridized carbons (Fsp3) is 0.300. The molecule has 138 valence electrons. The maximum absolute atomic E-state index is 11.8. The van der Waals surface area contributed by atoms with E-state index >= 15 is 0 Å². The number of hydrogen-bond donors (Lipinski definition) is 2. The van der Waals surface area contributed by atoms with Gasteiger partial charge in [0.2, 0.25) is 5.91 Å². The summed E-state index contributed by atoms with van der Waals surface area (Å²) >= 11 is 5.81. The van der Waals surface area contributed by atoms with E-state index in [-0.39, 0.29) is 24.8 Å². The molecule has 0 atom stereocenters. The lowest BCUT2D eigenvalue weighted by atomic mass is 10.1. The van der Waals surface area contributed by atoms with Gasteiger partial charge in [-0.05, 0) is 43.2 Å². The van der Waals surface area contributed by atoms with Gasteiger partial charge < -0.3 is 15.4 Å². The average Bonchev–Trinajstić information content (AvgIpc) is 2.60. The molecule has 2 amide bonds. The lowest BCUT2D eigenvalue weighted by Crippen LogP contribution is -2.37. The average molecular weight is 375 g/mol. The van der Waals surface area contributed by atoms with Gasteiger partial charge in [-0.25, -0.2) is 0 Å². The van der Waals surface area contributed by atoms with Crippen molar-refractivity contribution in [2.24, 2.45) is 0 Å². The SMILES string of the molecule is Cc1ccc(OCC(=O)NCCNC(=O)Cc2ccc(Cl)cc2)c(C)c1. The first-order valence-electron chi connectivity index (χ1n) is 8.42. The molecular weight excluding hydrogens is 352 g/mol. The number of nitrogens with one attached hydrogen (secondary N) is 2. The van der Waals surface area contributed by atoms with E-state index in [1.54, 1.807) is 12.1 Å². The number of rotatable bonds is 8. The van der Waals surface area contributed by atoms with Gasteiger partial charge in [0.25, 0.3) is 5.91 Å². The molecule has 0 saturated heterocycles. The monoisotopic (exact) mass is 374 g/mol. The quantitative estimate of drug-likeness (QED) is 0.698.